The molecule has 0 saturated carbocycles. The Bertz CT molecular complexity index is 937. The lowest BCUT2D eigenvalue weighted by Crippen LogP contribution is -2.38. The van der Waals surface area contributed by atoms with Crippen molar-refractivity contribution < 1.29 is 27.7 Å². The maximum atomic E-state index is 13.0. The van der Waals surface area contributed by atoms with Crippen LogP contribution in [0.5, 0.6) is 0 Å². The van der Waals surface area contributed by atoms with Gasteiger partial charge in [0.15, 0.2) is 9.84 Å². The molecule has 1 atom stereocenters. The highest BCUT2D eigenvalue weighted by molar-refractivity contribution is 7.93. The van der Waals surface area contributed by atoms with Gasteiger partial charge in [0, 0.05) is 12.1 Å². The number of rotatable bonds is 8. The van der Waals surface area contributed by atoms with Crippen LogP contribution in [-0.4, -0.2) is 37.0 Å². The number of non-ortho nitro benzene ring substituents is 1. The van der Waals surface area contributed by atoms with Crippen molar-refractivity contribution in [1.29, 1.82) is 0 Å². The first kappa shape index (κ1) is 20.2. The van der Waals surface area contributed by atoms with E-state index >= 15 is 0 Å². The minimum atomic E-state index is -4.28. The van der Waals surface area contributed by atoms with Gasteiger partial charge in [-0.2, -0.15) is 0 Å². The summed E-state index contributed by atoms with van der Waals surface area (Å²) in [5.41, 5.74) is 0.260. The largest absolute Gasteiger partial charge is 0.460 e. The Balaban J connectivity index is 2.45. The van der Waals surface area contributed by atoms with Crippen LogP contribution in [-0.2, 0) is 30.6 Å². The number of hydrogen-bond acceptors (Lipinski definition) is 7. The molecule has 0 heterocycles. The average molecular weight is 391 g/mol. The number of nitrogens with zero attached hydrogens (tertiary/aromatic N) is 1. The molecule has 2 rings (SSSR count). The first-order valence-electron chi connectivity index (χ1n) is 8.00. The Hall–Kier alpha value is -3.07. The van der Waals surface area contributed by atoms with Crippen LogP contribution < -0.4 is 0 Å². The molecule has 0 spiro atoms. The first-order valence-corrected chi connectivity index (χ1v) is 9.55. The van der Waals surface area contributed by atoms with Crippen molar-refractivity contribution >= 4 is 27.3 Å². The number of sulfone groups is 1. The molecular weight excluding hydrogens is 374 g/mol. The van der Waals surface area contributed by atoms with Gasteiger partial charge in [0.05, 0.1) is 16.4 Å². The molecule has 0 bridgehead atoms. The number of hydrogen-bond donors (Lipinski definition) is 0. The second-order valence-electron chi connectivity index (χ2n) is 5.56. The Labute approximate surface area is 155 Å². The topological polar surface area (TPSA) is 121 Å². The van der Waals surface area contributed by atoms with Crippen LogP contribution in [0.15, 0.2) is 59.5 Å². The number of nitro groups is 1. The van der Waals surface area contributed by atoms with E-state index < -0.39 is 31.8 Å². The van der Waals surface area contributed by atoms with Gasteiger partial charge in [-0.1, -0.05) is 30.3 Å². The van der Waals surface area contributed by atoms with E-state index in [1.54, 1.807) is 30.3 Å². The third kappa shape index (κ3) is 4.76. The molecule has 0 aliphatic rings. The summed E-state index contributed by atoms with van der Waals surface area (Å²) in [6, 6.07) is 12.5. The zero-order valence-corrected chi connectivity index (χ0v) is 15.2. The van der Waals surface area contributed by atoms with Crippen molar-refractivity contribution in [3.05, 3.63) is 70.3 Å². The number of carbonyl (C=O) groups excluding carboxylic acids is 2. The Morgan fingerprint density at radius 2 is 1.67 bits per heavy atom. The molecule has 0 aromatic heterocycles. The zero-order valence-electron chi connectivity index (χ0n) is 14.4. The van der Waals surface area contributed by atoms with Crippen molar-refractivity contribution in [1.82, 2.24) is 0 Å². The van der Waals surface area contributed by atoms with Gasteiger partial charge in [0.1, 0.15) is 5.25 Å². The number of ketones is 1. The minimum Gasteiger partial charge on any atom is -0.460 e. The van der Waals surface area contributed by atoms with Gasteiger partial charge >= 0.3 is 5.97 Å². The quantitative estimate of drug-likeness (QED) is 0.292. The van der Waals surface area contributed by atoms with Crippen LogP contribution in [0, 0.1) is 10.1 Å². The lowest BCUT2D eigenvalue weighted by atomic mass is 10.1. The van der Waals surface area contributed by atoms with Crippen LogP contribution in [0.4, 0.5) is 5.69 Å². The SMILES string of the molecule is CCOC(=O)C(=O)C(Cc1ccccc1)S(=O)(=O)c1ccc([N+](=O)[O-])cc1. The average Bonchev–Trinajstić information content (AvgIpc) is 2.66. The van der Waals surface area contributed by atoms with Gasteiger partial charge < -0.3 is 4.74 Å². The van der Waals surface area contributed by atoms with Gasteiger partial charge in [-0.15, -0.1) is 0 Å². The zero-order chi connectivity index (χ0) is 20.0. The first-order chi connectivity index (χ1) is 12.8. The van der Waals surface area contributed by atoms with E-state index in [0.717, 1.165) is 24.3 Å². The van der Waals surface area contributed by atoms with Crippen LogP contribution >= 0.6 is 0 Å². The Morgan fingerprint density at radius 3 is 2.19 bits per heavy atom. The molecule has 2 aromatic rings. The van der Waals surface area contributed by atoms with E-state index in [0.29, 0.717) is 5.56 Å². The van der Waals surface area contributed by atoms with Crippen molar-refractivity contribution in [2.24, 2.45) is 0 Å². The molecule has 142 valence electrons. The predicted molar refractivity (Wildman–Crippen MR) is 95.9 cm³/mol. The number of esters is 1. The molecule has 0 aliphatic carbocycles. The fraction of sp³-hybridized carbons (Fsp3) is 0.222. The number of ether oxygens (including phenoxy) is 1. The highest BCUT2D eigenvalue weighted by atomic mass is 32.2. The van der Waals surface area contributed by atoms with Gasteiger partial charge in [0.2, 0.25) is 0 Å². The summed E-state index contributed by atoms with van der Waals surface area (Å²) in [4.78, 5) is 34.1. The number of carbonyl (C=O) groups is 2. The maximum Gasteiger partial charge on any atom is 0.376 e. The van der Waals surface area contributed by atoms with Crippen LogP contribution in [0.2, 0.25) is 0 Å². The summed E-state index contributed by atoms with van der Waals surface area (Å²) in [5.74, 6) is -2.41. The molecule has 1 unspecified atom stereocenters. The summed E-state index contributed by atoms with van der Waals surface area (Å²) in [6.07, 6.45) is -0.224. The summed E-state index contributed by atoms with van der Waals surface area (Å²) in [6.45, 7) is 1.43. The van der Waals surface area contributed by atoms with E-state index in [9.17, 15) is 28.1 Å². The molecule has 0 fully saturated rings. The molecule has 27 heavy (non-hydrogen) atoms. The van der Waals surface area contributed by atoms with Crippen molar-refractivity contribution in [3.8, 4) is 0 Å². The summed E-state index contributed by atoms with van der Waals surface area (Å²) in [7, 11) is -4.28. The van der Waals surface area contributed by atoms with Gasteiger partial charge in [-0.3, -0.25) is 14.9 Å². The van der Waals surface area contributed by atoms with Crippen molar-refractivity contribution in [2.75, 3.05) is 6.61 Å². The standard InChI is InChI=1S/C18H17NO7S/c1-2-26-18(21)17(20)16(12-13-6-4-3-5-7-13)27(24,25)15-10-8-14(9-11-15)19(22)23/h3-11,16H,2,12H2,1H3. The van der Waals surface area contributed by atoms with Crippen molar-refractivity contribution in [2.45, 2.75) is 23.5 Å². The van der Waals surface area contributed by atoms with Gasteiger partial charge in [-0.05, 0) is 31.0 Å². The van der Waals surface area contributed by atoms with E-state index in [2.05, 4.69) is 4.74 Å². The minimum absolute atomic E-state index is 0.0692. The second-order valence-corrected chi connectivity index (χ2v) is 7.69. The monoisotopic (exact) mass is 391 g/mol. The highest BCUT2D eigenvalue weighted by Crippen LogP contribution is 2.23. The third-order valence-corrected chi connectivity index (χ3v) is 5.84. The van der Waals surface area contributed by atoms with Crippen molar-refractivity contribution in [3.63, 3.8) is 0 Å². The number of Topliss-reactive ketones (excluding diaryl/α,β-unsaturated/α-hetero) is 1. The third-order valence-electron chi connectivity index (χ3n) is 3.78. The van der Waals surface area contributed by atoms with Crippen LogP contribution in [0.25, 0.3) is 0 Å². The van der Waals surface area contributed by atoms with E-state index in [1.165, 1.54) is 6.92 Å². The van der Waals surface area contributed by atoms with Gasteiger partial charge in [-0.25, -0.2) is 13.2 Å². The maximum absolute atomic E-state index is 13.0. The van der Waals surface area contributed by atoms with E-state index in [1.807, 2.05) is 0 Å². The molecule has 0 saturated heterocycles. The lowest BCUT2D eigenvalue weighted by Gasteiger charge is -2.16. The number of benzene rings is 2. The van der Waals surface area contributed by atoms with E-state index in [4.69, 9.17) is 0 Å². The summed E-state index contributed by atoms with van der Waals surface area (Å²) < 4.78 is 30.6. The fourth-order valence-corrected chi connectivity index (χ4v) is 4.06. The van der Waals surface area contributed by atoms with Gasteiger partial charge in [0.25, 0.3) is 11.5 Å². The molecular formula is C18H17NO7S. The molecule has 0 radical (unpaired) electrons. The number of nitro benzene ring substituents is 1. The Kier molecular flexibility index (Phi) is 6.40. The smallest absolute Gasteiger partial charge is 0.376 e. The fourth-order valence-electron chi connectivity index (χ4n) is 2.43. The molecule has 9 heteroatoms. The molecule has 0 aliphatic heterocycles. The Morgan fingerprint density at radius 1 is 1.07 bits per heavy atom. The highest BCUT2D eigenvalue weighted by Gasteiger charge is 2.38. The van der Waals surface area contributed by atoms with Crippen LogP contribution in [0.1, 0.15) is 12.5 Å². The second kappa shape index (κ2) is 8.54. The normalized spacial score (nSPS) is 12.2. The molecule has 8 nitrogen and oxygen atoms in total. The predicted octanol–water partition coefficient (Wildman–Crippen LogP) is 2.11. The van der Waals surface area contributed by atoms with E-state index in [-0.39, 0.29) is 23.6 Å². The summed E-state index contributed by atoms with van der Waals surface area (Å²) >= 11 is 0. The molecule has 2 aromatic carbocycles. The lowest BCUT2D eigenvalue weighted by molar-refractivity contribution is -0.384. The molecule has 0 N–H and O–H groups in total. The molecule has 0 amide bonds. The van der Waals surface area contributed by atoms with Crippen LogP contribution in [0.3, 0.4) is 0 Å². The summed E-state index contributed by atoms with van der Waals surface area (Å²) in [5, 5.41) is 9.05.